The summed E-state index contributed by atoms with van der Waals surface area (Å²) in [6.07, 6.45) is 1.83. The summed E-state index contributed by atoms with van der Waals surface area (Å²) in [5.41, 5.74) is 1.63. The molecule has 0 aliphatic rings. The number of aromatic nitrogens is 2. The molecule has 4 aromatic rings. The van der Waals surface area contributed by atoms with E-state index in [9.17, 15) is 14.0 Å². The van der Waals surface area contributed by atoms with Crippen molar-refractivity contribution in [1.82, 2.24) is 14.7 Å². The van der Waals surface area contributed by atoms with Crippen LogP contribution in [0.1, 0.15) is 15.9 Å². The fourth-order valence-corrected chi connectivity index (χ4v) is 4.18. The van der Waals surface area contributed by atoms with Gasteiger partial charge >= 0.3 is 0 Å². The predicted molar refractivity (Wildman–Crippen MR) is 120 cm³/mol. The van der Waals surface area contributed by atoms with Crippen molar-refractivity contribution in [2.24, 2.45) is 0 Å². The Morgan fingerprint density at radius 2 is 1.88 bits per heavy atom. The van der Waals surface area contributed by atoms with Gasteiger partial charge in [0.05, 0.1) is 19.9 Å². The topological polar surface area (TPSA) is 81.9 Å². The first kappa shape index (κ1) is 21.5. The number of benzene rings is 2. The molecule has 164 valence electrons. The van der Waals surface area contributed by atoms with Crippen molar-refractivity contribution >= 4 is 22.2 Å². The highest BCUT2D eigenvalue weighted by molar-refractivity contribution is 7.15. The van der Waals surface area contributed by atoms with Crippen LogP contribution in [-0.4, -0.2) is 36.1 Å². The first-order chi connectivity index (χ1) is 15.5. The summed E-state index contributed by atoms with van der Waals surface area (Å²) in [6, 6.07) is 11.3. The minimum Gasteiger partial charge on any atom is -0.493 e. The Kier molecular flexibility index (Phi) is 6.18. The smallest absolute Gasteiger partial charge is 0.271 e. The van der Waals surface area contributed by atoms with Gasteiger partial charge in [0.15, 0.2) is 16.5 Å². The average Bonchev–Trinajstić information content (AvgIpc) is 3.24. The molecule has 7 nitrogen and oxygen atoms in total. The maximum Gasteiger partial charge on any atom is 0.271 e. The van der Waals surface area contributed by atoms with E-state index in [1.165, 1.54) is 34.1 Å². The van der Waals surface area contributed by atoms with E-state index in [-0.39, 0.29) is 11.4 Å². The molecule has 0 saturated heterocycles. The third-order valence-corrected chi connectivity index (χ3v) is 5.82. The second-order valence-corrected chi connectivity index (χ2v) is 7.75. The van der Waals surface area contributed by atoms with Crippen LogP contribution in [0.15, 0.2) is 58.8 Å². The van der Waals surface area contributed by atoms with Gasteiger partial charge in [-0.2, -0.15) is 0 Å². The highest BCUT2D eigenvalue weighted by Gasteiger charge is 2.17. The van der Waals surface area contributed by atoms with E-state index in [1.807, 2.05) is 12.1 Å². The van der Waals surface area contributed by atoms with Crippen molar-refractivity contribution in [3.05, 3.63) is 81.3 Å². The number of amides is 1. The average molecular weight is 453 g/mol. The quantitative estimate of drug-likeness (QED) is 0.463. The zero-order valence-electron chi connectivity index (χ0n) is 17.4. The zero-order valence-corrected chi connectivity index (χ0v) is 18.2. The summed E-state index contributed by atoms with van der Waals surface area (Å²) < 4.78 is 25.2. The SMILES string of the molecule is COc1ccc(CCNC(=O)c2cnc3scc(-c4ccc(F)cc4)n3c2=O)cc1OC. The fourth-order valence-electron chi connectivity index (χ4n) is 3.32. The predicted octanol–water partition coefficient (Wildman–Crippen LogP) is 3.55. The summed E-state index contributed by atoms with van der Waals surface area (Å²) in [5.74, 6) is 0.359. The molecule has 2 aromatic carbocycles. The Morgan fingerprint density at radius 3 is 2.59 bits per heavy atom. The van der Waals surface area contributed by atoms with Crippen LogP contribution < -0.4 is 20.3 Å². The lowest BCUT2D eigenvalue weighted by Gasteiger charge is -2.10. The monoisotopic (exact) mass is 453 g/mol. The molecule has 1 amide bonds. The number of methoxy groups -OCH3 is 2. The Morgan fingerprint density at radius 1 is 1.12 bits per heavy atom. The van der Waals surface area contributed by atoms with E-state index in [4.69, 9.17) is 9.47 Å². The van der Waals surface area contributed by atoms with Crippen molar-refractivity contribution in [1.29, 1.82) is 0 Å². The molecule has 0 saturated carbocycles. The summed E-state index contributed by atoms with van der Waals surface area (Å²) in [4.78, 5) is 30.4. The molecule has 0 aliphatic heterocycles. The van der Waals surface area contributed by atoms with Crippen LogP contribution in [0, 0.1) is 5.82 Å². The molecular formula is C23H20FN3O4S. The second-order valence-electron chi connectivity index (χ2n) is 6.92. The van der Waals surface area contributed by atoms with Crippen molar-refractivity contribution in [2.45, 2.75) is 6.42 Å². The van der Waals surface area contributed by atoms with E-state index in [0.29, 0.717) is 40.7 Å². The molecule has 32 heavy (non-hydrogen) atoms. The molecule has 0 aliphatic carbocycles. The minimum absolute atomic E-state index is 0.0587. The van der Waals surface area contributed by atoms with E-state index in [0.717, 1.165) is 5.56 Å². The van der Waals surface area contributed by atoms with Gasteiger partial charge in [-0.05, 0) is 53.9 Å². The first-order valence-corrected chi connectivity index (χ1v) is 10.6. The summed E-state index contributed by atoms with van der Waals surface area (Å²) in [5, 5.41) is 4.53. The van der Waals surface area contributed by atoms with Crippen LogP contribution >= 0.6 is 11.3 Å². The zero-order chi connectivity index (χ0) is 22.7. The van der Waals surface area contributed by atoms with Gasteiger partial charge in [0, 0.05) is 18.1 Å². The summed E-state index contributed by atoms with van der Waals surface area (Å²) in [6.45, 7) is 0.324. The van der Waals surface area contributed by atoms with E-state index >= 15 is 0 Å². The van der Waals surface area contributed by atoms with E-state index < -0.39 is 11.5 Å². The Labute approximate surface area is 187 Å². The first-order valence-electron chi connectivity index (χ1n) is 9.76. The lowest BCUT2D eigenvalue weighted by atomic mass is 10.1. The number of hydrogen-bond donors (Lipinski definition) is 1. The minimum atomic E-state index is -0.506. The van der Waals surface area contributed by atoms with Gasteiger partial charge in [-0.25, -0.2) is 9.37 Å². The van der Waals surface area contributed by atoms with Crippen LogP contribution in [0.5, 0.6) is 11.5 Å². The molecule has 0 atom stereocenters. The molecular weight excluding hydrogens is 433 g/mol. The fraction of sp³-hybridized carbons (Fsp3) is 0.174. The van der Waals surface area contributed by atoms with Crippen LogP contribution in [0.25, 0.3) is 16.2 Å². The molecule has 2 aromatic heterocycles. The number of ether oxygens (including phenoxy) is 2. The number of thiazole rings is 1. The van der Waals surface area contributed by atoms with E-state index in [2.05, 4.69) is 10.3 Å². The Balaban J connectivity index is 1.53. The number of hydrogen-bond acceptors (Lipinski definition) is 6. The molecule has 2 heterocycles. The van der Waals surface area contributed by atoms with Crippen molar-refractivity contribution in [2.75, 3.05) is 20.8 Å². The number of nitrogens with zero attached hydrogens (tertiary/aromatic N) is 2. The number of carbonyl (C=O) groups excluding carboxylic acids is 1. The lowest BCUT2D eigenvalue weighted by Crippen LogP contribution is -2.32. The van der Waals surface area contributed by atoms with Gasteiger partial charge in [-0.3, -0.25) is 14.0 Å². The van der Waals surface area contributed by atoms with Crippen molar-refractivity contribution in [3.63, 3.8) is 0 Å². The van der Waals surface area contributed by atoms with Crippen LogP contribution in [0.4, 0.5) is 4.39 Å². The molecule has 4 rings (SSSR count). The number of halogens is 1. The summed E-state index contributed by atoms with van der Waals surface area (Å²) in [7, 11) is 3.13. The van der Waals surface area contributed by atoms with Gasteiger partial charge in [-0.1, -0.05) is 6.07 Å². The van der Waals surface area contributed by atoms with Gasteiger partial charge < -0.3 is 14.8 Å². The van der Waals surface area contributed by atoms with Crippen LogP contribution in [-0.2, 0) is 6.42 Å². The third-order valence-electron chi connectivity index (χ3n) is 4.98. The molecule has 0 unspecified atom stereocenters. The maximum atomic E-state index is 13.3. The maximum absolute atomic E-state index is 13.3. The van der Waals surface area contributed by atoms with Crippen LogP contribution in [0.2, 0.25) is 0 Å². The highest BCUT2D eigenvalue weighted by atomic mass is 32.1. The largest absolute Gasteiger partial charge is 0.493 e. The third kappa shape index (κ3) is 4.19. The van der Waals surface area contributed by atoms with Gasteiger partial charge in [0.1, 0.15) is 11.4 Å². The number of rotatable bonds is 7. The number of fused-ring (bicyclic) bond motifs is 1. The van der Waals surface area contributed by atoms with Crippen LogP contribution in [0.3, 0.4) is 0 Å². The van der Waals surface area contributed by atoms with Gasteiger partial charge in [0.2, 0.25) is 0 Å². The van der Waals surface area contributed by atoms with Gasteiger partial charge in [0.25, 0.3) is 11.5 Å². The number of nitrogens with one attached hydrogen (secondary N) is 1. The molecule has 9 heteroatoms. The molecule has 0 fully saturated rings. The van der Waals surface area contributed by atoms with Crippen molar-refractivity contribution < 1.29 is 18.7 Å². The molecule has 0 bridgehead atoms. The molecule has 1 N–H and O–H groups in total. The number of carbonyl (C=O) groups is 1. The highest BCUT2D eigenvalue weighted by Crippen LogP contribution is 2.27. The Hall–Kier alpha value is -3.72. The Bertz CT molecular complexity index is 1330. The molecule has 0 radical (unpaired) electrons. The lowest BCUT2D eigenvalue weighted by molar-refractivity contribution is 0.0952. The van der Waals surface area contributed by atoms with E-state index in [1.54, 1.807) is 37.8 Å². The molecule has 0 spiro atoms. The standard InChI is InChI=1S/C23H20FN3O4S/c1-30-19-8-3-14(11-20(19)31-2)9-10-25-21(28)17-12-26-23-27(22(17)29)18(13-32-23)15-4-6-16(24)7-5-15/h3-8,11-13H,9-10H2,1-2H3,(H,25,28). The van der Waals surface area contributed by atoms with Crippen molar-refractivity contribution in [3.8, 4) is 22.8 Å². The van der Waals surface area contributed by atoms with Gasteiger partial charge in [-0.15, -0.1) is 11.3 Å². The summed E-state index contributed by atoms with van der Waals surface area (Å²) >= 11 is 1.27. The second kappa shape index (κ2) is 9.19. The normalized spacial score (nSPS) is 10.8.